The fourth-order valence-electron chi connectivity index (χ4n) is 6.07. The molecule has 11 heteroatoms. The van der Waals surface area contributed by atoms with Crippen LogP contribution in [0.4, 0.5) is 8.78 Å². The van der Waals surface area contributed by atoms with E-state index in [-0.39, 0.29) is 35.6 Å². The minimum atomic E-state index is -1.58. The number of allylic oxidation sites excluding steroid dienone is 3. The van der Waals surface area contributed by atoms with Crippen molar-refractivity contribution in [3.8, 4) is 0 Å². The van der Waals surface area contributed by atoms with E-state index in [1.54, 1.807) is 6.07 Å². The third kappa shape index (κ3) is 5.61. The highest BCUT2D eigenvalue weighted by Crippen LogP contribution is 2.59. The highest BCUT2D eigenvalue weighted by atomic mass is 35.5. The van der Waals surface area contributed by atoms with Crippen molar-refractivity contribution in [2.75, 3.05) is 13.2 Å². The molecule has 2 unspecified atom stereocenters. The molecular formula is C28H35Cl2F2N3O4. The van der Waals surface area contributed by atoms with Crippen LogP contribution in [0.1, 0.15) is 51.5 Å². The predicted octanol–water partition coefficient (Wildman–Crippen LogP) is 3.47. The predicted molar refractivity (Wildman–Crippen MR) is 146 cm³/mol. The van der Waals surface area contributed by atoms with Crippen LogP contribution in [0, 0.1) is 16.6 Å². The lowest BCUT2D eigenvalue weighted by Gasteiger charge is -2.38. The van der Waals surface area contributed by atoms with E-state index >= 15 is 8.78 Å². The summed E-state index contributed by atoms with van der Waals surface area (Å²) in [5.41, 5.74) is -1.06. The molecule has 2 heterocycles. The number of alkyl halides is 2. The van der Waals surface area contributed by atoms with Crippen molar-refractivity contribution in [1.82, 2.24) is 16.0 Å². The molecule has 214 valence electrons. The summed E-state index contributed by atoms with van der Waals surface area (Å²) in [5, 5.41) is 26.5. The minimum Gasteiger partial charge on any atom is -0.394 e. The van der Waals surface area contributed by atoms with Crippen molar-refractivity contribution in [1.29, 1.82) is 0 Å². The lowest BCUT2D eigenvalue weighted by atomic mass is 9.61. The lowest BCUT2D eigenvalue weighted by Crippen LogP contribution is -2.47. The van der Waals surface area contributed by atoms with Gasteiger partial charge in [0.1, 0.15) is 17.4 Å². The van der Waals surface area contributed by atoms with E-state index in [9.17, 15) is 14.7 Å². The first-order valence-electron chi connectivity index (χ1n) is 13.1. The van der Waals surface area contributed by atoms with Gasteiger partial charge in [-0.1, -0.05) is 44.5 Å². The van der Waals surface area contributed by atoms with Gasteiger partial charge in [-0.25, -0.2) is 8.78 Å². The second-order valence-corrected chi connectivity index (χ2v) is 12.6. The largest absolute Gasteiger partial charge is 0.394 e. The zero-order valence-electron chi connectivity index (χ0n) is 22.1. The number of amides is 2. The number of carbonyl (C=O) groups excluding carboxylic acids is 2. The van der Waals surface area contributed by atoms with Gasteiger partial charge in [0.05, 0.1) is 29.2 Å². The number of aliphatic hydroxyl groups is 2. The van der Waals surface area contributed by atoms with Crippen LogP contribution in [0.3, 0.4) is 0 Å². The molecule has 5 N–H and O–H groups in total. The average molecular weight is 587 g/mol. The maximum Gasteiger partial charge on any atom is 0.237 e. The second-order valence-electron chi connectivity index (χ2n) is 11.7. The van der Waals surface area contributed by atoms with Gasteiger partial charge in [-0.2, -0.15) is 0 Å². The summed E-state index contributed by atoms with van der Waals surface area (Å²) < 4.78 is 30.8. The second kappa shape index (κ2) is 11.4. The summed E-state index contributed by atoms with van der Waals surface area (Å²) in [6, 6.07) is 2.72. The first-order chi connectivity index (χ1) is 18.3. The Morgan fingerprint density at radius 3 is 2.67 bits per heavy atom. The van der Waals surface area contributed by atoms with Gasteiger partial charge in [-0.15, -0.1) is 11.6 Å². The molecule has 1 aromatic carbocycles. The van der Waals surface area contributed by atoms with Gasteiger partial charge in [0.25, 0.3) is 0 Å². The SMILES string of the molecule is CC(C)(C)C[C@H]1N[C@@H](C(=O)NCCC[C@H](O)CO)[C@H](c2cccc(Cl)c2F)[C@@]12C(=O)NC1=CC(Cl)C(F)C=C12. The van der Waals surface area contributed by atoms with Crippen LogP contribution >= 0.6 is 23.2 Å². The lowest BCUT2D eigenvalue weighted by molar-refractivity contribution is -0.128. The Bertz CT molecular complexity index is 1190. The number of halogens is 4. The highest BCUT2D eigenvalue weighted by Gasteiger charge is 2.67. The van der Waals surface area contributed by atoms with Gasteiger partial charge in [-0.3, -0.25) is 9.59 Å². The molecule has 7 atom stereocenters. The zero-order valence-corrected chi connectivity index (χ0v) is 23.6. The number of fused-ring (bicyclic) bond motifs is 2. The van der Waals surface area contributed by atoms with E-state index in [1.165, 1.54) is 24.3 Å². The number of hydrogen-bond acceptors (Lipinski definition) is 5. The summed E-state index contributed by atoms with van der Waals surface area (Å²) in [6.07, 6.45) is 1.37. The molecule has 4 rings (SSSR count). The van der Waals surface area contributed by atoms with E-state index in [0.29, 0.717) is 24.1 Å². The summed E-state index contributed by atoms with van der Waals surface area (Å²) >= 11 is 12.3. The Morgan fingerprint density at radius 2 is 2.00 bits per heavy atom. The van der Waals surface area contributed by atoms with Gasteiger partial charge >= 0.3 is 0 Å². The van der Waals surface area contributed by atoms with Crippen LogP contribution in [0.5, 0.6) is 0 Å². The molecular weight excluding hydrogens is 551 g/mol. The normalized spacial score (nSPS) is 31.0. The topological polar surface area (TPSA) is 111 Å². The maximum atomic E-state index is 15.7. The number of hydrogen-bond donors (Lipinski definition) is 5. The quantitative estimate of drug-likeness (QED) is 0.237. The van der Waals surface area contributed by atoms with E-state index in [0.717, 1.165) is 0 Å². The Kier molecular flexibility index (Phi) is 8.79. The molecule has 2 saturated heterocycles. The first-order valence-corrected chi connectivity index (χ1v) is 13.9. The number of rotatable bonds is 8. The molecule has 1 spiro atoms. The summed E-state index contributed by atoms with van der Waals surface area (Å²) in [5.74, 6) is -2.75. The molecule has 0 radical (unpaired) electrons. The standard InChI is InChI=1S/C28H35Cl2F2N3O4/c1-27(2,3)12-21-28(16-10-19(31)18(30)11-20(16)34-26(28)39)22(15-7-4-8-17(29)23(15)32)24(35-21)25(38)33-9-5-6-14(37)13-36/h4,7-8,10-11,14,18-19,21-22,24,35-37H,5-6,9,12-13H2,1-3H3,(H,33,38)(H,34,39)/t14-,18?,19?,21+,22-,24+,28-/m0/s1. The van der Waals surface area contributed by atoms with Crippen LogP contribution in [0.25, 0.3) is 0 Å². The smallest absolute Gasteiger partial charge is 0.237 e. The van der Waals surface area contributed by atoms with Crippen molar-refractivity contribution in [2.24, 2.45) is 10.8 Å². The highest BCUT2D eigenvalue weighted by molar-refractivity contribution is 6.30. The van der Waals surface area contributed by atoms with Crippen LogP contribution in [-0.4, -0.2) is 64.9 Å². The third-order valence-corrected chi connectivity index (χ3v) is 8.37. The van der Waals surface area contributed by atoms with Crippen molar-refractivity contribution < 1.29 is 28.6 Å². The van der Waals surface area contributed by atoms with Crippen LogP contribution in [-0.2, 0) is 9.59 Å². The van der Waals surface area contributed by atoms with Gasteiger partial charge in [0.15, 0.2) is 0 Å². The Balaban J connectivity index is 1.85. The summed E-state index contributed by atoms with van der Waals surface area (Å²) in [6.45, 7) is 5.77. The fraction of sp³-hybridized carbons (Fsp3) is 0.571. The Morgan fingerprint density at radius 1 is 1.28 bits per heavy atom. The summed E-state index contributed by atoms with van der Waals surface area (Å²) in [7, 11) is 0. The maximum absolute atomic E-state index is 15.7. The van der Waals surface area contributed by atoms with Crippen LogP contribution < -0.4 is 16.0 Å². The molecule has 3 aliphatic rings. The van der Waals surface area contributed by atoms with Crippen molar-refractivity contribution in [3.05, 3.63) is 58.0 Å². The molecule has 2 amide bonds. The average Bonchev–Trinajstić information content (AvgIpc) is 3.32. The minimum absolute atomic E-state index is 0.0722. The van der Waals surface area contributed by atoms with E-state index in [4.69, 9.17) is 28.3 Å². The fourth-order valence-corrected chi connectivity index (χ4v) is 6.45. The van der Waals surface area contributed by atoms with E-state index < -0.39 is 58.7 Å². The number of benzene rings is 1. The van der Waals surface area contributed by atoms with Gasteiger partial charge in [-0.05, 0) is 54.0 Å². The molecule has 0 bridgehead atoms. The number of aliphatic hydroxyl groups excluding tert-OH is 2. The zero-order chi connectivity index (χ0) is 28.7. The van der Waals surface area contributed by atoms with E-state index in [1.807, 2.05) is 20.8 Å². The Labute approximate surface area is 237 Å². The van der Waals surface area contributed by atoms with Gasteiger partial charge in [0.2, 0.25) is 11.8 Å². The molecule has 1 aliphatic carbocycles. The molecule has 0 saturated carbocycles. The molecule has 2 aliphatic heterocycles. The molecule has 0 aromatic heterocycles. The number of carbonyl (C=O) groups is 2. The molecule has 1 aromatic rings. The van der Waals surface area contributed by atoms with Crippen molar-refractivity contribution >= 4 is 35.0 Å². The van der Waals surface area contributed by atoms with Crippen molar-refractivity contribution in [2.45, 2.75) is 75.7 Å². The Hall–Kier alpha value is -2.04. The van der Waals surface area contributed by atoms with Gasteiger partial charge in [0, 0.05) is 24.2 Å². The first kappa shape index (κ1) is 29.9. The van der Waals surface area contributed by atoms with Crippen LogP contribution in [0.2, 0.25) is 5.02 Å². The van der Waals surface area contributed by atoms with Crippen LogP contribution in [0.15, 0.2) is 41.6 Å². The van der Waals surface area contributed by atoms with Crippen molar-refractivity contribution in [3.63, 3.8) is 0 Å². The molecule has 39 heavy (non-hydrogen) atoms. The number of nitrogens with one attached hydrogen (secondary N) is 3. The summed E-state index contributed by atoms with van der Waals surface area (Å²) in [4.78, 5) is 27.7. The molecule has 7 nitrogen and oxygen atoms in total. The van der Waals surface area contributed by atoms with E-state index in [2.05, 4.69) is 16.0 Å². The third-order valence-electron chi connectivity index (χ3n) is 7.71. The monoisotopic (exact) mass is 585 g/mol. The molecule has 2 fully saturated rings. The van der Waals surface area contributed by atoms with Gasteiger partial charge < -0.3 is 26.2 Å².